The Labute approximate surface area is 119 Å². The molecule has 102 valence electrons. The van der Waals surface area contributed by atoms with E-state index < -0.39 is 0 Å². The van der Waals surface area contributed by atoms with Crippen molar-refractivity contribution in [3.8, 4) is 5.75 Å². The van der Waals surface area contributed by atoms with E-state index in [2.05, 4.69) is 43.4 Å². The van der Waals surface area contributed by atoms with Crippen LogP contribution in [-0.4, -0.2) is 13.7 Å². The van der Waals surface area contributed by atoms with Crippen molar-refractivity contribution in [2.24, 2.45) is 0 Å². The Balaban J connectivity index is 1.83. The van der Waals surface area contributed by atoms with Crippen molar-refractivity contribution in [3.63, 3.8) is 0 Å². The standard InChI is InChI=1S/C16H21NOS/c1-12-4-7-16(18-3)14(10-12)8-9-17-11-15-6-5-13(2)19-15/h4-7,10,17H,8-9,11H2,1-3H3. The lowest BCUT2D eigenvalue weighted by atomic mass is 10.1. The molecule has 0 saturated heterocycles. The number of hydrogen-bond donors (Lipinski definition) is 1. The van der Waals surface area contributed by atoms with E-state index in [1.165, 1.54) is 20.9 Å². The van der Waals surface area contributed by atoms with Gasteiger partial charge in [0.15, 0.2) is 0 Å². The summed E-state index contributed by atoms with van der Waals surface area (Å²) in [6.45, 7) is 6.18. The van der Waals surface area contributed by atoms with Gasteiger partial charge in [0, 0.05) is 16.3 Å². The van der Waals surface area contributed by atoms with Crippen LogP contribution in [0.1, 0.15) is 20.9 Å². The summed E-state index contributed by atoms with van der Waals surface area (Å²) in [5.74, 6) is 0.986. The maximum absolute atomic E-state index is 5.39. The molecule has 2 nitrogen and oxygen atoms in total. The zero-order chi connectivity index (χ0) is 13.7. The van der Waals surface area contributed by atoms with Gasteiger partial charge in [-0.05, 0) is 50.6 Å². The first-order chi connectivity index (χ1) is 9.19. The number of rotatable bonds is 6. The van der Waals surface area contributed by atoms with Gasteiger partial charge in [0.2, 0.25) is 0 Å². The molecule has 1 heterocycles. The lowest BCUT2D eigenvalue weighted by Gasteiger charge is -2.10. The first-order valence-corrected chi connectivity index (χ1v) is 7.40. The predicted molar refractivity (Wildman–Crippen MR) is 82.2 cm³/mol. The summed E-state index contributed by atoms with van der Waals surface area (Å²) in [6.07, 6.45) is 0.995. The number of aryl methyl sites for hydroxylation is 2. The number of thiophene rings is 1. The second-order valence-corrected chi connectivity index (χ2v) is 6.13. The molecule has 0 bridgehead atoms. The van der Waals surface area contributed by atoms with Gasteiger partial charge in [0.25, 0.3) is 0 Å². The first-order valence-electron chi connectivity index (χ1n) is 6.58. The van der Waals surface area contributed by atoms with Gasteiger partial charge < -0.3 is 10.1 Å². The van der Waals surface area contributed by atoms with Crippen molar-refractivity contribution in [2.75, 3.05) is 13.7 Å². The monoisotopic (exact) mass is 275 g/mol. The van der Waals surface area contributed by atoms with E-state index in [4.69, 9.17) is 4.74 Å². The molecule has 19 heavy (non-hydrogen) atoms. The average Bonchev–Trinajstić information content (AvgIpc) is 2.81. The van der Waals surface area contributed by atoms with Crippen molar-refractivity contribution in [3.05, 3.63) is 51.2 Å². The van der Waals surface area contributed by atoms with Crippen LogP contribution in [0.3, 0.4) is 0 Å². The molecule has 1 aromatic carbocycles. The number of hydrogen-bond acceptors (Lipinski definition) is 3. The highest BCUT2D eigenvalue weighted by atomic mass is 32.1. The fourth-order valence-electron chi connectivity index (χ4n) is 2.12. The lowest BCUT2D eigenvalue weighted by Crippen LogP contribution is -2.16. The predicted octanol–water partition coefficient (Wildman–Crippen LogP) is 3.71. The molecule has 0 spiro atoms. The van der Waals surface area contributed by atoms with Gasteiger partial charge in [-0.1, -0.05) is 17.7 Å². The summed E-state index contributed by atoms with van der Waals surface area (Å²) in [5, 5.41) is 3.49. The number of nitrogens with one attached hydrogen (secondary N) is 1. The second kappa shape index (κ2) is 6.73. The molecule has 1 N–H and O–H groups in total. The van der Waals surface area contributed by atoms with E-state index in [-0.39, 0.29) is 0 Å². The quantitative estimate of drug-likeness (QED) is 0.812. The molecule has 0 atom stereocenters. The van der Waals surface area contributed by atoms with Crippen LogP contribution in [0.15, 0.2) is 30.3 Å². The smallest absolute Gasteiger partial charge is 0.122 e. The maximum atomic E-state index is 5.39. The summed E-state index contributed by atoms with van der Waals surface area (Å²) < 4.78 is 5.39. The molecule has 0 aliphatic carbocycles. The first kappa shape index (κ1) is 14.1. The van der Waals surface area contributed by atoms with E-state index >= 15 is 0 Å². The van der Waals surface area contributed by atoms with Crippen LogP contribution in [0.2, 0.25) is 0 Å². The van der Waals surface area contributed by atoms with Gasteiger partial charge in [-0.3, -0.25) is 0 Å². The largest absolute Gasteiger partial charge is 0.496 e. The highest BCUT2D eigenvalue weighted by Crippen LogP contribution is 2.20. The molecule has 0 amide bonds. The molecular weight excluding hydrogens is 254 g/mol. The molecule has 0 unspecified atom stereocenters. The Hall–Kier alpha value is -1.32. The Morgan fingerprint density at radius 2 is 2.00 bits per heavy atom. The van der Waals surface area contributed by atoms with E-state index in [9.17, 15) is 0 Å². The minimum absolute atomic E-state index is 0.951. The molecule has 2 rings (SSSR count). The van der Waals surface area contributed by atoms with Crippen LogP contribution < -0.4 is 10.1 Å². The Morgan fingerprint density at radius 3 is 2.68 bits per heavy atom. The van der Waals surface area contributed by atoms with Crippen molar-refractivity contribution in [1.29, 1.82) is 0 Å². The van der Waals surface area contributed by atoms with E-state index in [1.807, 2.05) is 17.4 Å². The Morgan fingerprint density at radius 1 is 1.16 bits per heavy atom. The third-order valence-corrected chi connectivity index (χ3v) is 4.10. The Kier molecular flexibility index (Phi) is 5.00. The Bertz CT molecular complexity index is 533. The fraction of sp³-hybridized carbons (Fsp3) is 0.375. The van der Waals surface area contributed by atoms with Crippen molar-refractivity contribution < 1.29 is 4.74 Å². The van der Waals surface area contributed by atoms with Crippen LogP contribution in [-0.2, 0) is 13.0 Å². The average molecular weight is 275 g/mol. The van der Waals surface area contributed by atoms with E-state index in [0.29, 0.717) is 0 Å². The molecule has 2 aromatic rings. The molecule has 0 aliphatic rings. The molecule has 3 heteroatoms. The van der Waals surface area contributed by atoms with E-state index in [1.54, 1.807) is 7.11 Å². The van der Waals surface area contributed by atoms with Crippen molar-refractivity contribution >= 4 is 11.3 Å². The van der Waals surface area contributed by atoms with Crippen LogP contribution in [0, 0.1) is 13.8 Å². The minimum atomic E-state index is 0.951. The van der Waals surface area contributed by atoms with Gasteiger partial charge in [-0.2, -0.15) is 0 Å². The SMILES string of the molecule is COc1ccc(C)cc1CCNCc1ccc(C)s1. The van der Waals surface area contributed by atoms with E-state index in [0.717, 1.165) is 25.3 Å². The topological polar surface area (TPSA) is 21.3 Å². The molecule has 1 aromatic heterocycles. The van der Waals surface area contributed by atoms with Crippen LogP contribution in [0.4, 0.5) is 0 Å². The number of methoxy groups -OCH3 is 1. The number of benzene rings is 1. The highest BCUT2D eigenvalue weighted by molar-refractivity contribution is 7.11. The van der Waals surface area contributed by atoms with Gasteiger partial charge in [0.05, 0.1) is 7.11 Å². The van der Waals surface area contributed by atoms with Gasteiger partial charge in [-0.25, -0.2) is 0 Å². The van der Waals surface area contributed by atoms with Gasteiger partial charge in [-0.15, -0.1) is 11.3 Å². The third-order valence-electron chi connectivity index (χ3n) is 3.10. The van der Waals surface area contributed by atoms with Crippen molar-refractivity contribution in [1.82, 2.24) is 5.32 Å². The molecule has 0 fully saturated rings. The summed E-state index contributed by atoms with van der Waals surface area (Å²) in [6, 6.07) is 10.7. The minimum Gasteiger partial charge on any atom is -0.496 e. The van der Waals surface area contributed by atoms with Crippen molar-refractivity contribution in [2.45, 2.75) is 26.8 Å². The zero-order valence-corrected chi connectivity index (χ0v) is 12.6. The summed E-state index contributed by atoms with van der Waals surface area (Å²) >= 11 is 1.86. The van der Waals surface area contributed by atoms with Crippen LogP contribution in [0.5, 0.6) is 5.75 Å². The van der Waals surface area contributed by atoms with Crippen LogP contribution in [0.25, 0.3) is 0 Å². The molecule has 0 saturated carbocycles. The normalized spacial score (nSPS) is 10.7. The lowest BCUT2D eigenvalue weighted by molar-refractivity contribution is 0.409. The zero-order valence-electron chi connectivity index (χ0n) is 11.8. The maximum Gasteiger partial charge on any atom is 0.122 e. The van der Waals surface area contributed by atoms with Gasteiger partial charge >= 0.3 is 0 Å². The number of ether oxygens (including phenoxy) is 1. The molecule has 0 aliphatic heterocycles. The fourth-order valence-corrected chi connectivity index (χ4v) is 2.98. The molecular formula is C16H21NOS. The summed E-state index contributed by atoms with van der Waals surface area (Å²) in [7, 11) is 1.73. The van der Waals surface area contributed by atoms with Gasteiger partial charge in [0.1, 0.15) is 5.75 Å². The molecule has 0 radical (unpaired) electrons. The second-order valence-electron chi connectivity index (χ2n) is 4.75. The highest BCUT2D eigenvalue weighted by Gasteiger charge is 2.03. The third kappa shape index (κ3) is 4.08. The van der Waals surface area contributed by atoms with Crippen LogP contribution >= 0.6 is 11.3 Å². The summed E-state index contributed by atoms with van der Waals surface area (Å²) in [4.78, 5) is 2.77. The summed E-state index contributed by atoms with van der Waals surface area (Å²) in [5.41, 5.74) is 2.56.